The molecular weight excluding hydrogens is 344 g/mol. The van der Waals surface area contributed by atoms with E-state index >= 15 is 0 Å². The third-order valence-electron chi connectivity index (χ3n) is 5.97. The van der Waals surface area contributed by atoms with E-state index in [4.69, 9.17) is 8.85 Å². The molecule has 0 saturated heterocycles. The smallest absolute Gasteiger partial charge is 0.295 e. The van der Waals surface area contributed by atoms with Crippen LogP contribution in [-0.2, 0) is 13.6 Å². The molecule has 3 nitrogen and oxygen atoms in total. The van der Waals surface area contributed by atoms with Crippen LogP contribution in [0.15, 0.2) is 0 Å². The highest BCUT2D eigenvalue weighted by atomic mass is 28.4. The van der Waals surface area contributed by atoms with Gasteiger partial charge in [0.2, 0.25) is 0 Å². The Labute approximate surface area is 159 Å². The van der Waals surface area contributed by atoms with Gasteiger partial charge < -0.3 is 8.85 Å². The average molecular weight is 389 g/mol. The summed E-state index contributed by atoms with van der Waals surface area (Å²) in [5.41, 5.74) is 0. The first kappa shape index (κ1) is 24.9. The summed E-state index contributed by atoms with van der Waals surface area (Å²) in [6, 6.07) is 0. The van der Waals surface area contributed by atoms with Gasteiger partial charge in [-0.05, 0) is 42.7 Å². The van der Waals surface area contributed by atoms with Crippen LogP contribution in [-0.4, -0.2) is 28.7 Å². The minimum absolute atomic E-state index is 0.00953. The summed E-state index contributed by atoms with van der Waals surface area (Å²) in [4.78, 5) is 12.6. The van der Waals surface area contributed by atoms with Crippen molar-refractivity contribution in [1.82, 2.24) is 0 Å². The molecule has 0 aliphatic carbocycles. The average Bonchev–Trinajstić information content (AvgIpc) is 2.34. The lowest BCUT2D eigenvalue weighted by Gasteiger charge is -2.40. The Hall–Kier alpha value is -0.136. The van der Waals surface area contributed by atoms with E-state index in [0.29, 0.717) is 6.42 Å². The summed E-state index contributed by atoms with van der Waals surface area (Å²) >= 11 is 0. The van der Waals surface area contributed by atoms with Crippen LogP contribution in [0.2, 0.25) is 36.3 Å². The fourth-order valence-electron chi connectivity index (χ4n) is 2.08. The van der Waals surface area contributed by atoms with Crippen molar-refractivity contribution < 1.29 is 13.6 Å². The van der Waals surface area contributed by atoms with Crippen molar-refractivity contribution >= 4 is 22.6 Å². The highest BCUT2D eigenvalue weighted by Gasteiger charge is 2.42. The standard InChI is InChI=1S/C20H44O3Si2/c1-12-13-14-15-17(22-24(8,9)19(2,3)4)16-18(21)23-25(10,11)20(5,6)7/h17H,12-16H2,1-11H3. The predicted molar refractivity (Wildman–Crippen MR) is 114 cm³/mol. The Kier molecular flexibility index (Phi) is 9.13. The normalized spacial score (nSPS) is 15.2. The second kappa shape index (κ2) is 9.18. The van der Waals surface area contributed by atoms with Gasteiger partial charge in [0.1, 0.15) is 0 Å². The molecule has 1 unspecified atom stereocenters. The predicted octanol–water partition coefficient (Wildman–Crippen LogP) is 6.90. The molecule has 0 aromatic heterocycles. The van der Waals surface area contributed by atoms with Crippen LogP contribution in [0.5, 0.6) is 0 Å². The molecule has 0 radical (unpaired) electrons. The van der Waals surface area contributed by atoms with E-state index in [1.165, 1.54) is 12.8 Å². The maximum absolute atomic E-state index is 12.6. The lowest BCUT2D eigenvalue weighted by Crippen LogP contribution is -2.46. The second-order valence-electron chi connectivity index (χ2n) is 10.4. The molecule has 0 spiro atoms. The van der Waals surface area contributed by atoms with Gasteiger partial charge in [-0.2, -0.15) is 0 Å². The molecule has 150 valence electrons. The number of hydrogen-bond acceptors (Lipinski definition) is 3. The van der Waals surface area contributed by atoms with Gasteiger partial charge in [-0.15, -0.1) is 0 Å². The van der Waals surface area contributed by atoms with Crippen molar-refractivity contribution in [2.75, 3.05) is 0 Å². The van der Waals surface area contributed by atoms with Gasteiger partial charge in [0.05, 0.1) is 12.5 Å². The van der Waals surface area contributed by atoms with Crippen LogP contribution < -0.4 is 0 Å². The van der Waals surface area contributed by atoms with E-state index in [1.807, 2.05) is 0 Å². The van der Waals surface area contributed by atoms with Gasteiger partial charge in [0, 0.05) is 0 Å². The molecule has 0 aliphatic rings. The highest BCUT2D eigenvalue weighted by molar-refractivity contribution is 6.75. The van der Waals surface area contributed by atoms with Crippen LogP contribution in [0, 0.1) is 0 Å². The highest BCUT2D eigenvalue weighted by Crippen LogP contribution is 2.39. The van der Waals surface area contributed by atoms with Crippen LogP contribution >= 0.6 is 0 Å². The van der Waals surface area contributed by atoms with Crippen LogP contribution in [0.4, 0.5) is 0 Å². The van der Waals surface area contributed by atoms with E-state index in [1.54, 1.807) is 0 Å². The molecule has 0 saturated carbocycles. The number of hydrogen-bond donors (Lipinski definition) is 0. The molecule has 0 rings (SSSR count). The second-order valence-corrected chi connectivity index (χ2v) is 19.9. The molecule has 0 aromatic carbocycles. The van der Waals surface area contributed by atoms with Gasteiger partial charge in [0.15, 0.2) is 8.32 Å². The molecule has 0 aromatic rings. The lowest BCUT2D eigenvalue weighted by atomic mass is 10.1. The van der Waals surface area contributed by atoms with Crippen LogP contribution in [0.3, 0.4) is 0 Å². The summed E-state index contributed by atoms with van der Waals surface area (Å²) in [5, 5.41) is 0.194. The summed E-state index contributed by atoms with van der Waals surface area (Å²) in [6.07, 6.45) is 4.82. The third kappa shape index (κ3) is 8.39. The SMILES string of the molecule is CCCCCC(CC(=O)O[Si](C)(C)C(C)(C)C)O[Si](C)(C)C(C)(C)C. The maximum atomic E-state index is 12.6. The minimum atomic E-state index is -2.06. The monoisotopic (exact) mass is 388 g/mol. The molecule has 0 amide bonds. The summed E-state index contributed by atoms with van der Waals surface area (Å²) < 4.78 is 12.5. The first-order valence-corrected chi connectivity index (χ1v) is 15.7. The molecule has 0 bridgehead atoms. The minimum Gasteiger partial charge on any atom is -0.519 e. The van der Waals surface area contributed by atoms with E-state index in [0.717, 1.165) is 12.8 Å². The topological polar surface area (TPSA) is 35.5 Å². The zero-order chi connectivity index (χ0) is 20.1. The third-order valence-corrected chi connectivity index (χ3v) is 14.9. The van der Waals surface area contributed by atoms with E-state index in [2.05, 4.69) is 74.7 Å². The molecule has 25 heavy (non-hydrogen) atoms. The molecule has 0 fully saturated rings. The number of carbonyl (C=O) groups excluding carboxylic acids is 1. The largest absolute Gasteiger partial charge is 0.519 e. The zero-order valence-electron chi connectivity index (χ0n) is 18.8. The first-order chi connectivity index (χ1) is 11.0. The van der Waals surface area contributed by atoms with Crippen molar-refractivity contribution in [3.63, 3.8) is 0 Å². The van der Waals surface area contributed by atoms with Crippen molar-refractivity contribution in [3.8, 4) is 0 Å². The summed E-state index contributed by atoms with van der Waals surface area (Å²) in [6.45, 7) is 24.2. The van der Waals surface area contributed by atoms with Crippen molar-refractivity contribution in [1.29, 1.82) is 0 Å². The van der Waals surface area contributed by atoms with E-state index in [9.17, 15) is 4.79 Å². The van der Waals surface area contributed by atoms with Crippen molar-refractivity contribution in [2.45, 2.75) is 123 Å². The lowest BCUT2D eigenvalue weighted by molar-refractivity contribution is -0.137. The Balaban J connectivity index is 5.03. The number of rotatable bonds is 9. The summed E-state index contributed by atoms with van der Waals surface area (Å²) in [7, 11) is -3.95. The Morgan fingerprint density at radius 3 is 1.76 bits per heavy atom. The molecule has 5 heteroatoms. The Morgan fingerprint density at radius 2 is 1.36 bits per heavy atom. The van der Waals surface area contributed by atoms with E-state index in [-0.39, 0.29) is 22.1 Å². The van der Waals surface area contributed by atoms with E-state index < -0.39 is 16.6 Å². The molecule has 0 heterocycles. The molecule has 0 N–H and O–H groups in total. The van der Waals surface area contributed by atoms with Gasteiger partial charge >= 0.3 is 0 Å². The fraction of sp³-hybridized carbons (Fsp3) is 0.950. The first-order valence-electron chi connectivity index (χ1n) is 9.93. The van der Waals surface area contributed by atoms with Crippen molar-refractivity contribution in [3.05, 3.63) is 0 Å². The molecule has 0 aliphatic heterocycles. The van der Waals surface area contributed by atoms with Crippen LogP contribution in [0.25, 0.3) is 0 Å². The Morgan fingerprint density at radius 1 is 0.880 bits per heavy atom. The summed E-state index contributed by atoms with van der Waals surface area (Å²) in [5.74, 6) is -0.0770. The fourth-order valence-corrected chi connectivity index (χ4v) is 4.43. The Bertz CT molecular complexity index is 418. The number of carbonyl (C=O) groups is 1. The van der Waals surface area contributed by atoms with Crippen molar-refractivity contribution in [2.24, 2.45) is 0 Å². The maximum Gasteiger partial charge on any atom is 0.295 e. The van der Waals surface area contributed by atoms with Gasteiger partial charge in [-0.25, -0.2) is 0 Å². The molecule has 1 atom stereocenters. The van der Waals surface area contributed by atoms with Gasteiger partial charge in [0.25, 0.3) is 14.3 Å². The molecular formula is C20H44O3Si2. The number of unbranched alkanes of at least 4 members (excludes halogenated alkanes) is 2. The van der Waals surface area contributed by atoms with Gasteiger partial charge in [-0.3, -0.25) is 4.79 Å². The van der Waals surface area contributed by atoms with Gasteiger partial charge in [-0.1, -0.05) is 67.7 Å². The quantitative estimate of drug-likeness (QED) is 0.318. The zero-order valence-corrected chi connectivity index (χ0v) is 20.8. The van der Waals surface area contributed by atoms with Crippen LogP contribution in [0.1, 0.15) is 80.6 Å².